The van der Waals surface area contributed by atoms with Crippen LogP contribution in [0.2, 0.25) is 0 Å². The molecule has 2 aromatic rings. The quantitative estimate of drug-likeness (QED) is 0.708. The Kier molecular flexibility index (Phi) is 5.67. The maximum atomic E-state index is 5.91. The second-order valence-corrected chi connectivity index (χ2v) is 5.26. The predicted octanol–water partition coefficient (Wildman–Crippen LogP) is 3.95. The van der Waals surface area contributed by atoms with Crippen molar-refractivity contribution in [2.45, 2.75) is 38.8 Å². The van der Waals surface area contributed by atoms with Crippen LogP contribution in [0, 0.1) is 0 Å². The summed E-state index contributed by atoms with van der Waals surface area (Å²) in [6.45, 7) is 5.53. The minimum Gasteiger partial charge on any atom is -0.493 e. The molecule has 0 saturated carbocycles. The normalized spacial score (nSPS) is 10.7. The molecule has 4 nitrogen and oxygen atoms in total. The van der Waals surface area contributed by atoms with Crippen LogP contribution in [0.3, 0.4) is 0 Å². The fourth-order valence-electron chi connectivity index (χ4n) is 2.14. The largest absolute Gasteiger partial charge is 0.493 e. The van der Waals surface area contributed by atoms with Crippen molar-refractivity contribution in [2.24, 2.45) is 0 Å². The molecule has 5 heteroatoms. The summed E-state index contributed by atoms with van der Waals surface area (Å²) in [5.74, 6) is 1.51. The Hall–Kier alpha value is -1.49. The molecule has 0 spiro atoms. The van der Waals surface area contributed by atoms with E-state index in [9.17, 15) is 0 Å². The fraction of sp³-hybridized carbons (Fsp3) is 0.438. The van der Waals surface area contributed by atoms with Gasteiger partial charge in [-0.2, -0.15) is 5.10 Å². The van der Waals surface area contributed by atoms with Crippen molar-refractivity contribution >= 4 is 15.9 Å². The Morgan fingerprint density at radius 2 is 2.00 bits per heavy atom. The van der Waals surface area contributed by atoms with Gasteiger partial charge < -0.3 is 9.47 Å². The van der Waals surface area contributed by atoms with Crippen LogP contribution in [0.25, 0.3) is 0 Å². The molecule has 0 aliphatic rings. The van der Waals surface area contributed by atoms with E-state index in [2.05, 4.69) is 40.9 Å². The van der Waals surface area contributed by atoms with Gasteiger partial charge >= 0.3 is 0 Å². The molecule has 0 amide bonds. The zero-order chi connectivity index (χ0) is 15.2. The summed E-state index contributed by atoms with van der Waals surface area (Å²) in [4.78, 5) is 0. The first-order valence-corrected chi connectivity index (χ1v) is 8.25. The second-order valence-electron chi connectivity index (χ2n) is 4.70. The van der Waals surface area contributed by atoms with E-state index in [4.69, 9.17) is 9.47 Å². The Morgan fingerprint density at radius 1 is 1.19 bits per heavy atom. The van der Waals surface area contributed by atoms with E-state index in [1.807, 2.05) is 22.9 Å². The van der Waals surface area contributed by atoms with Crippen LogP contribution in [0.1, 0.15) is 30.8 Å². The van der Waals surface area contributed by atoms with E-state index in [-0.39, 0.29) is 0 Å². The summed E-state index contributed by atoms with van der Waals surface area (Å²) in [5.41, 5.74) is 3.34. The lowest BCUT2D eigenvalue weighted by molar-refractivity contribution is 0.274. The first kappa shape index (κ1) is 15.9. The summed E-state index contributed by atoms with van der Waals surface area (Å²) in [7, 11) is 1.66. The van der Waals surface area contributed by atoms with Gasteiger partial charge in [-0.3, -0.25) is 4.68 Å². The van der Waals surface area contributed by atoms with Crippen LogP contribution in [0.5, 0.6) is 11.5 Å². The number of alkyl halides is 1. The lowest BCUT2D eigenvalue weighted by atomic mass is 10.2. The van der Waals surface area contributed by atoms with E-state index < -0.39 is 0 Å². The lowest BCUT2D eigenvalue weighted by Gasteiger charge is -2.12. The molecule has 114 valence electrons. The van der Waals surface area contributed by atoms with Crippen molar-refractivity contribution in [1.29, 1.82) is 0 Å². The third kappa shape index (κ3) is 3.79. The van der Waals surface area contributed by atoms with E-state index in [0.29, 0.717) is 6.61 Å². The molecule has 2 rings (SSSR count). The molecular formula is C16H21BrN2O2. The monoisotopic (exact) mass is 352 g/mol. The Labute approximate surface area is 134 Å². The van der Waals surface area contributed by atoms with E-state index in [0.717, 1.165) is 46.7 Å². The smallest absolute Gasteiger partial charge is 0.161 e. The van der Waals surface area contributed by atoms with Crippen molar-refractivity contribution in [3.8, 4) is 11.5 Å². The molecule has 0 aliphatic heterocycles. The second kappa shape index (κ2) is 7.50. The number of rotatable bonds is 7. The van der Waals surface area contributed by atoms with Crippen LogP contribution < -0.4 is 9.47 Å². The Balaban J connectivity index is 2.14. The Bertz CT molecular complexity index is 596. The highest BCUT2D eigenvalue weighted by molar-refractivity contribution is 9.08. The van der Waals surface area contributed by atoms with E-state index in [1.165, 1.54) is 0 Å². The van der Waals surface area contributed by atoms with Crippen LogP contribution in [-0.2, 0) is 24.9 Å². The summed E-state index contributed by atoms with van der Waals surface area (Å²) in [5, 5.41) is 5.33. The minimum absolute atomic E-state index is 0.491. The van der Waals surface area contributed by atoms with Crippen LogP contribution in [-0.4, -0.2) is 16.9 Å². The highest BCUT2D eigenvalue weighted by Gasteiger charge is 2.09. The van der Waals surface area contributed by atoms with Gasteiger partial charge in [0.25, 0.3) is 0 Å². The summed E-state index contributed by atoms with van der Waals surface area (Å²) in [6, 6.07) is 8.06. The molecule has 0 saturated heterocycles. The van der Waals surface area contributed by atoms with Gasteiger partial charge in [0, 0.05) is 11.9 Å². The molecule has 0 N–H and O–H groups in total. The molecule has 1 aromatic carbocycles. The van der Waals surface area contributed by atoms with Gasteiger partial charge in [0.05, 0.1) is 18.5 Å². The van der Waals surface area contributed by atoms with Crippen molar-refractivity contribution in [3.05, 3.63) is 41.2 Å². The van der Waals surface area contributed by atoms with Gasteiger partial charge in [0.2, 0.25) is 0 Å². The number of hydrogen-bond donors (Lipinski definition) is 0. The molecule has 0 bridgehead atoms. The molecular weight excluding hydrogens is 332 g/mol. The molecule has 0 atom stereocenters. The highest BCUT2D eigenvalue weighted by atomic mass is 79.9. The van der Waals surface area contributed by atoms with Gasteiger partial charge in [0.1, 0.15) is 6.61 Å². The zero-order valence-corrected chi connectivity index (χ0v) is 14.3. The summed E-state index contributed by atoms with van der Waals surface area (Å²) >= 11 is 3.44. The first-order valence-electron chi connectivity index (χ1n) is 7.13. The maximum absolute atomic E-state index is 5.91. The number of aromatic nitrogens is 2. The van der Waals surface area contributed by atoms with Crippen molar-refractivity contribution in [3.63, 3.8) is 0 Å². The van der Waals surface area contributed by atoms with Crippen molar-refractivity contribution in [1.82, 2.24) is 9.78 Å². The predicted molar refractivity (Wildman–Crippen MR) is 87.2 cm³/mol. The van der Waals surface area contributed by atoms with Gasteiger partial charge in [-0.15, -0.1) is 0 Å². The molecule has 0 unspecified atom stereocenters. The topological polar surface area (TPSA) is 36.3 Å². The van der Waals surface area contributed by atoms with Crippen LogP contribution in [0.4, 0.5) is 0 Å². The lowest BCUT2D eigenvalue weighted by Crippen LogP contribution is -2.06. The number of aryl methyl sites for hydroxylation is 2. The molecule has 1 heterocycles. The van der Waals surface area contributed by atoms with Crippen LogP contribution in [0.15, 0.2) is 24.3 Å². The molecule has 0 fully saturated rings. The third-order valence-corrected chi connectivity index (χ3v) is 3.98. The fourth-order valence-corrected chi connectivity index (χ4v) is 2.49. The number of nitrogens with zero attached hydrogens (tertiary/aromatic N) is 2. The standard InChI is InChI=1S/C16H21BrN2O2/c1-4-13-9-14(19(5-2)18-13)11-21-15-7-6-12(10-17)8-16(15)20-3/h6-9H,4-5,10-11H2,1-3H3. The van der Waals surface area contributed by atoms with Crippen molar-refractivity contribution < 1.29 is 9.47 Å². The number of halogens is 1. The average molecular weight is 353 g/mol. The van der Waals surface area contributed by atoms with Crippen LogP contribution >= 0.6 is 15.9 Å². The molecule has 0 radical (unpaired) electrons. The maximum Gasteiger partial charge on any atom is 0.161 e. The van der Waals surface area contributed by atoms with Gasteiger partial charge in [-0.05, 0) is 37.1 Å². The molecule has 0 aliphatic carbocycles. The SMILES string of the molecule is CCc1cc(COc2ccc(CBr)cc2OC)n(CC)n1. The third-order valence-electron chi connectivity index (χ3n) is 3.33. The highest BCUT2D eigenvalue weighted by Crippen LogP contribution is 2.29. The number of hydrogen-bond acceptors (Lipinski definition) is 3. The minimum atomic E-state index is 0.491. The van der Waals surface area contributed by atoms with E-state index >= 15 is 0 Å². The van der Waals surface area contributed by atoms with Gasteiger partial charge in [-0.1, -0.05) is 28.9 Å². The number of methoxy groups -OCH3 is 1. The van der Waals surface area contributed by atoms with E-state index in [1.54, 1.807) is 7.11 Å². The average Bonchev–Trinajstić information content (AvgIpc) is 2.95. The number of ether oxygens (including phenoxy) is 2. The van der Waals surface area contributed by atoms with Gasteiger partial charge in [0.15, 0.2) is 11.5 Å². The number of benzene rings is 1. The molecule has 21 heavy (non-hydrogen) atoms. The Morgan fingerprint density at radius 3 is 2.62 bits per heavy atom. The van der Waals surface area contributed by atoms with Gasteiger partial charge in [-0.25, -0.2) is 0 Å². The summed E-state index contributed by atoms with van der Waals surface area (Å²) in [6.07, 6.45) is 0.934. The summed E-state index contributed by atoms with van der Waals surface area (Å²) < 4.78 is 13.3. The molecule has 1 aromatic heterocycles. The first-order chi connectivity index (χ1) is 10.2. The zero-order valence-electron chi connectivity index (χ0n) is 12.7. The van der Waals surface area contributed by atoms with Crippen molar-refractivity contribution in [2.75, 3.05) is 7.11 Å².